The molecule has 0 bridgehead atoms. The topological polar surface area (TPSA) is 35.9 Å². The van der Waals surface area contributed by atoms with Crippen molar-refractivity contribution in [2.75, 3.05) is 16.9 Å². The van der Waals surface area contributed by atoms with Gasteiger partial charge < -0.3 is 19.6 Å². The van der Waals surface area contributed by atoms with E-state index in [2.05, 4.69) is 192 Å². The molecule has 0 atom stereocenters. The van der Waals surface area contributed by atoms with Crippen LogP contribution < -0.4 is 14.5 Å². The number of aliphatic hydroxyl groups is 1. The van der Waals surface area contributed by atoms with Crippen LogP contribution in [-0.4, -0.2) is 12.2 Å². The van der Waals surface area contributed by atoms with Gasteiger partial charge in [0, 0.05) is 27.5 Å². The zero-order valence-corrected chi connectivity index (χ0v) is 32.1. The second kappa shape index (κ2) is 14.9. The van der Waals surface area contributed by atoms with E-state index in [0.29, 0.717) is 0 Å². The molecule has 0 amide bonds. The molecule has 4 nitrogen and oxygen atoms in total. The Labute approximate surface area is 338 Å². The van der Waals surface area contributed by atoms with E-state index in [9.17, 15) is 5.11 Å². The van der Waals surface area contributed by atoms with Crippen LogP contribution in [0.25, 0.3) is 54.6 Å². The monoisotopic (exact) mass is 748 g/mol. The zero-order valence-electron chi connectivity index (χ0n) is 32.1. The minimum absolute atomic E-state index is 0.0847. The van der Waals surface area contributed by atoms with E-state index in [1.54, 1.807) is 7.11 Å². The second-order valence-electron chi connectivity index (χ2n) is 14.5. The molecule has 278 valence electrons. The number of hydrogen-bond donors (Lipinski definition) is 1. The lowest BCUT2D eigenvalue weighted by molar-refractivity contribution is 0.282. The highest BCUT2D eigenvalue weighted by atomic mass is 16.5. The first-order chi connectivity index (χ1) is 28.7. The molecule has 0 saturated heterocycles. The molecule has 0 aliphatic carbocycles. The maximum Gasteiger partial charge on any atom is 0.142 e. The first kappa shape index (κ1) is 35.0. The van der Waals surface area contributed by atoms with Gasteiger partial charge >= 0.3 is 0 Å². The Morgan fingerprint density at radius 3 is 1.31 bits per heavy atom. The van der Waals surface area contributed by atoms with Crippen LogP contribution in [0.15, 0.2) is 206 Å². The van der Waals surface area contributed by atoms with Gasteiger partial charge in [0.05, 0.1) is 47.8 Å². The predicted molar refractivity (Wildman–Crippen MR) is 243 cm³/mol. The molecular weight excluding hydrogens is 709 g/mol. The normalized spacial score (nSPS) is 11.3. The van der Waals surface area contributed by atoms with Gasteiger partial charge in [0.15, 0.2) is 0 Å². The number of nitrogens with zero attached hydrogens (tertiary/aromatic N) is 2. The summed E-state index contributed by atoms with van der Waals surface area (Å²) >= 11 is 0. The molecule has 0 fully saturated rings. The van der Waals surface area contributed by atoms with Crippen molar-refractivity contribution in [3.63, 3.8) is 0 Å². The van der Waals surface area contributed by atoms with Crippen molar-refractivity contribution in [3.05, 3.63) is 212 Å². The molecule has 58 heavy (non-hydrogen) atoms. The lowest BCUT2D eigenvalue weighted by Gasteiger charge is -2.32. The van der Waals surface area contributed by atoms with Crippen LogP contribution in [0.2, 0.25) is 0 Å². The van der Waals surface area contributed by atoms with Crippen molar-refractivity contribution in [2.45, 2.75) is 6.61 Å². The third-order valence-corrected chi connectivity index (χ3v) is 11.3. The fourth-order valence-electron chi connectivity index (χ4n) is 8.68. The third kappa shape index (κ3) is 5.90. The van der Waals surface area contributed by atoms with Crippen molar-refractivity contribution in [3.8, 4) is 28.0 Å². The highest BCUT2D eigenvalue weighted by molar-refractivity contribution is 6.28. The Bertz CT molecular complexity index is 2840. The van der Waals surface area contributed by atoms with Crippen LogP contribution in [-0.2, 0) is 6.61 Å². The SMILES string of the molecule is COc1ccccc1N(c1ccccc1-c1ccccc1)c1ccc2ccc3c(N(c4ccccc4CO)c4ccccc4-c4ccccc4)ccc4ccc1c2c43. The Morgan fingerprint density at radius 2 is 0.793 bits per heavy atom. The van der Waals surface area contributed by atoms with Crippen LogP contribution >= 0.6 is 0 Å². The van der Waals surface area contributed by atoms with Gasteiger partial charge in [0.2, 0.25) is 0 Å². The highest BCUT2D eigenvalue weighted by Gasteiger charge is 2.26. The quantitative estimate of drug-likeness (QED) is 0.141. The number of ether oxygens (including phenoxy) is 1. The van der Waals surface area contributed by atoms with Gasteiger partial charge in [0.1, 0.15) is 5.75 Å². The Hall–Kier alpha value is -7.40. The first-order valence-corrected chi connectivity index (χ1v) is 19.6. The molecule has 1 N–H and O–H groups in total. The number of methoxy groups -OCH3 is 1. The maximum atomic E-state index is 10.7. The van der Waals surface area contributed by atoms with Crippen molar-refractivity contribution in [2.24, 2.45) is 0 Å². The number of benzene rings is 10. The van der Waals surface area contributed by atoms with Gasteiger partial charge in [-0.1, -0.05) is 164 Å². The summed E-state index contributed by atoms with van der Waals surface area (Å²) < 4.78 is 6.06. The second-order valence-corrected chi connectivity index (χ2v) is 14.5. The maximum absolute atomic E-state index is 10.7. The molecule has 10 aromatic carbocycles. The number of para-hydroxylation sites is 5. The van der Waals surface area contributed by atoms with E-state index >= 15 is 0 Å². The van der Waals surface area contributed by atoms with Crippen LogP contribution in [0.1, 0.15) is 5.56 Å². The van der Waals surface area contributed by atoms with Gasteiger partial charge in [0.25, 0.3) is 0 Å². The highest BCUT2D eigenvalue weighted by Crippen LogP contribution is 2.51. The number of anilines is 6. The number of aliphatic hydroxyl groups excluding tert-OH is 1. The van der Waals surface area contributed by atoms with E-state index in [4.69, 9.17) is 4.74 Å². The molecule has 10 aromatic rings. The third-order valence-electron chi connectivity index (χ3n) is 11.3. The molecule has 0 aliphatic rings. The van der Waals surface area contributed by atoms with Gasteiger partial charge in [-0.05, 0) is 75.1 Å². The summed E-state index contributed by atoms with van der Waals surface area (Å²) in [6.45, 7) is -0.0847. The van der Waals surface area contributed by atoms with Gasteiger partial charge in [-0.3, -0.25) is 0 Å². The van der Waals surface area contributed by atoms with Crippen LogP contribution in [0.3, 0.4) is 0 Å². The van der Waals surface area contributed by atoms with Gasteiger partial charge in [-0.2, -0.15) is 0 Å². The van der Waals surface area contributed by atoms with Crippen molar-refractivity contribution < 1.29 is 9.84 Å². The molecule has 0 saturated carbocycles. The summed E-state index contributed by atoms with van der Waals surface area (Å²) in [4.78, 5) is 4.69. The fraction of sp³-hybridized carbons (Fsp3) is 0.0370. The van der Waals surface area contributed by atoms with E-state index in [1.807, 2.05) is 24.3 Å². The van der Waals surface area contributed by atoms with Crippen molar-refractivity contribution in [1.82, 2.24) is 0 Å². The van der Waals surface area contributed by atoms with Gasteiger partial charge in [-0.15, -0.1) is 0 Å². The molecule has 0 aliphatic heterocycles. The Balaban J connectivity index is 1.26. The summed E-state index contributed by atoms with van der Waals surface area (Å²) in [5, 5.41) is 17.7. The van der Waals surface area contributed by atoms with E-state index in [1.165, 1.54) is 10.8 Å². The standard InChI is InChI=1S/C54H40N2O2/c1-58-52-27-15-14-26-51(52)56(48-25-13-10-22-43(48)38-18-6-3-7-19-38)50-35-31-40-28-32-44-49(34-30-39-29-33-45(50)54(40)53(39)44)55(46-23-11-8-20-41(46)36-57)47-24-12-9-21-42(47)37-16-4-2-5-17-37/h2-35,57H,36H2,1H3. The average molecular weight is 749 g/mol. The summed E-state index contributed by atoms with van der Waals surface area (Å²) in [6.07, 6.45) is 0. The summed E-state index contributed by atoms with van der Waals surface area (Å²) in [5.41, 5.74) is 11.4. The summed E-state index contributed by atoms with van der Waals surface area (Å²) in [5.74, 6) is 0.786. The minimum atomic E-state index is -0.0847. The van der Waals surface area contributed by atoms with Crippen molar-refractivity contribution in [1.29, 1.82) is 0 Å². The molecule has 10 rings (SSSR count). The molecular formula is C54H40N2O2. The van der Waals surface area contributed by atoms with Gasteiger partial charge in [-0.25, -0.2) is 0 Å². The zero-order chi connectivity index (χ0) is 39.0. The number of rotatable bonds is 10. The van der Waals surface area contributed by atoms with Crippen LogP contribution in [0.5, 0.6) is 5.75 Å². The molecule has 0 aromatic heterocycles. The first-order valence-electron chi connectivity index (χ1n) is 19.6. The molecule has 0 unspecified atom stereocenters. The molecule has 4 heteroatoms. The lowest BCUT2D eigenvalue weighted by atomic mass is 9.91. The average Bonchev–Trinajstić information content (AvgIpc) is 3.30. The van der Waals surface area contributed by atoms with Crippen LogP contribution in [0, 0.1) is 0 Å². The fourth-order valence-corrected chi connectivity index (χ4v) is 8.68. The van der Waals surface area contributed by atoms with Crippen LogP contribution in [0.4, 0.5) is 34.1 Å². The largest absolute Gasteiger partial charge is 0.495 e. The Morgan fingerprint density at radius 1 is 0.379 bits per heavy atom. The summed E-state index contributed by atoms with van der Waals surface area (Å²) in [7, 11) is 1.74. The van der Waals surface area contributed by atoms with E-state index < -0.39 is 0 Å². The molecule has 0 spiro atoms. The predicted octanol–water partition coefficient (Wildman–Crippen LogP) is 14.4. The smallest absolute Gasteiger partial charge is 0.142 e. The van der Waals surface area contributed by atoms with E-state index in [-0.39, 0.29) is 6.61 Å². The summed E-state index contributed by atoms with van der Waals surface area (Å²) in [6, 6.07) is 72.7. The van der Waals surface area contributed by atoms with E-state index in [0.717, 1.165) is 89.2 Å². The van der Waals surface area contributed by atoms with Crippen molar-refractivity contribution >= 4 is 66.4 Å². The number of hydrogen-bond acceptors (Lipinski definition) is 4. The molecule has 0 heterocycles. The minimum Gasteiger partial charge on any atom is -0.495 e. The molecule has 0 radical (unpaired) electrons. The lowest BCUT2D eigenvalue weighted by Crippen LogP contribution is -2.14. The Kier molecular flexibility index (Phi) is 9.02.